The molecule has 7 rings (SSSR count). The van der Waals surface area contributed by atoms with E-state index in [1.165, 1.54) is 7.11 Å². The van der Waals surface area contributed by atoms with Crippen molar-refractivity contribution < 1.29 is 38.2 Å². The van der Waals surface area contributed by atoms with Crippen molar-refractivity contribution in [1.29, 1.82) is 0 Å². The third-order valence-corrected chi connectivity index (χ3v) is 9.84. The fourth-order valence-electron chi connectivity index (χ4n) is 6.45. The van der Waals surface area contributed by atoms with E-state index in [4.69, 9.17) is 38.4 Å². The van der Waals surface area contributed by atoms with Gasteiger partial charge in [-0.2, -0.15) is 0 Å². The van der Waals surface area contributed by atoms with Crippen molar-refractivity contribution in [3.8, 4) is 0 Å². The van der Waals surface area contributed by atoms with Crippen LogP contribution in [0.2, 0.25) is 10.0 Å². The maximum absolute atomic E-state index is 12.7. The molecule has 0 radical (unpaired) electrons. The molecule has 0 saturated carbocycles. The molecule has 1 aliphatic rings. The van der Waals surface area contributed by atoms with E-state index in [0.29, 0.717) is 57.5 Å². The molecule has 1 aliphatic heterocycles. The molecule has 3 N–H and O–H groups in total. The summed E-state index contributed by atoms with van der Waals surface area (Å²) in [6.45, 7) is 2.68. The number of nitrogens with two attached hydrogens (primary N) is 1. The quantitative estimate of drug-likeness (QED) is 0.0428. The van der Waals surface area contributed by atoms with Gasteiger partial charge < -0.3 is 29.1 Å². The Morgan fingerprint density at radius 1 is 0.712 bits per heavy atom. The summed E-state index contributed by atoms with van der Waals surface area (Å²) >= 11 is 12.1. The Morgan fingerprint density at radius 3 is 1.83 bits per heavy atom. The first kappa shape index (κ1) is 43.9. The van der Waals surface area contributed by atoms with Gasteiger partial charge >= 0.3 is 5.97 Å². The Kier molecular flexibility index (Phi) is 15.6. The van der Waals surface area contributed by atoms with E-state index in [1.807, 2.05) is 35.0 Å². The van der Waals surface area contributed by atoms with Crippen LogP contribution < -0.4 is 11.1 Å². The van der Waals surface area contributed by atoms with Gasteiger partial charge in [0.05, 0.1) is 41.3 Å². The zero-order chi connectivity index (χ0) is 42.5. The van der Waals surface area contributed by atoms with Gasteiger partial charge in [-0.15, -0.1) is 0 Å². The molecule has 4 aromatic heterocycles. The largest absolute Gasteiger partial charge is 0.463 e. The molecule has 0 saturated heterocycles. The lowest BCUT2D eigenvalue weighted by molar-refractivity contribution is -0.135. The second-order valence-corrected chi connectivity index (χ2v) is 13.8. The van der Waals surface area contributed by atoms with Crippen molar-refractivity contribution in [2.75, 3.05) is 34.5 Å². The zero-order valence-electron chi connectivity index (χ0n) is 32.6. The van der Waals surface area contributed by atoms with Crippen LogP contribution >= 0.6 is 23.2 Å². The maximum atomic E-state index is 12.7. The number of ketones is 1. The second kappa shape index (κ2) is 21.0. The molecule has 0 aliphatic carbocycles. The Bertz CT molecular complexity index is 2530. The number of hydrogen-bond acceptors (Lipinski definition) is 10. The Hall–Kier alpha value is -6.19. The molecular weight excluding hydrogens is 799 g/mol. The monoisotopic (exact) mass is 840 g/mol. The average Bonchev–Trinajstić information content (AvgIpc) is 3.88. The number of pyridine rings is 2. The molecule has 6 aromatic rings. The number of imide groups is 1. The van der Waals surface area contributed by atoms with Crippen molar-refractivity contribution in [2.45, 2.75) is 32.4 Å². The number of amides is 3. The molecule has 3 amide bonds. The van der Waals surface area contributed by atoms with E-state index in [0.717, 1.165) is 41.4 Å². The number of nitrogens with one attached hydrogen (secondary N) is 1. The van der Waals surface area contributed by atoms with Crippen molar-refractivity contribution in [1.82, 2.24) is 24.4 Å². The van der Waals surface area contributed by atoms with Crippen molar-refractivity contribution in [3.05, 3.63) is 130 Å². The highest BCUT2D eigenvalue weighted by Gasteiger charge is 2.34. The number of hydrogen-bond donors (Lipinski definition) is 2. The van der Waals surface area contributed by atoms with E-state index in [1.54, 1.807) is 81.6 Å². The van der Waals surface area contributed by atoms with Gasteiger partial charge in [-0.1, -0.05) is 59.6 Å². The van der Waals surface area contributed by atoms with Crippen LogP contribution in [0.5, 0.6) is 0 Å². The fraction of sp³-hybridized carbons (Fsp3) is 0.233. The normalized spacial score (nSPS) is 12.2. The lowest BCUT2D eigenvalue weighted by Crippen LogP contribution is -2.22. The second-order valence-electron chi connectivity index (χ2n) is 13.0. The number of rotatable bonds is 14. The highest BCUT2D eigenvalue weighted by Crippen LogP contribution is 2.38. The summed E-state index contributed by atoms with van der Waals surface area (Å²) in [5.74, 6) is -2.77. The first-order valence-corrected chi connectivity index (χ1v) is 19.1. The van der Waals surface area contributed by atoms with Crippen LogP contribution in [0.25, 0.3) is 33.0 Å². The number of esters is 1. The van der Waals surface area contributed by atoms with Crippen LogP contribution in [0.3, 0.4) is 0 Å². The number of primary amides is 1. The van der Waals surface area contributed by atoms with Crippen LogP contribution in [-0.4, -0.2) is 83.1 Å². The number of carbonyl (C=O) groups excluding carboxylic acids is 5. The molecule has 14 nitrogen and oxygen atoms in total. The molecular formula is C43H42Cl2N6O8. The van der Waals surface area contributed by atoms with E-state index in [-0.39, 0.29) is 17.9 Å². The molecule has 59 heavy (non-hydrogen) atoms. The van der Waals surface area contributed by atoms with Gasteiger partial charge in [-0.05, 0) is 42.7 Å². The topological polar surface area (TPSA) is 187 Å². The molecule has 306 valence electrons. The number of halogens is 2. The van der Waals surface area contributed by atoms with Crippen molar-refractivity contribution >= 4 is 85.6 Å². The van der Waals surface area contributed by atoms with Crippen LogP contribution in [0, 0.1) is 0 Å². The van der Waals surface area contributed by atoms with Gasteiger partial charge in [0.1, 0.15) is 0 Å². The van der Waals surface area contributed by atoms with E-state index >= 15 is 0 Å². The van der Waals surface area contributed by atoms with Crippen LogP contribution in [0.4, 0.5) is 0 Å². The van der Waals surface area contributed by atoms with Gasteiger partial charge in [-0.3, -0.25) is 34.5 Å². The Balaban J connectivity index is 0.000000186. The van der Waals surface area contributed by atoms with E-state index < -0.39 is 23.6 Å². The lowest BCUT2D eigenvalue weighted by atomic mass is 9.96. The minimum atomic E-state index is -0.871. The summed E-state index contributed by atoms with van der Waals surface area (Å²) in [5, 5.41) is 4.88. The average molecular weight is 842 g/mol. The van der Waals surface area contributed by atoms with Gasteiger partial charge in [0.25, 0.3) is 17.6 Å². The predicted molar refractivity (Wildman–Crippen MR) is 225 cm³/mol. The number of methoxy groups -OCH3 is 3. The summed E-state index contributed by atoms with van der Waals surface area (Å²) in [6, 6.07) is 17.9. The SMILES string of the molecule is COCCCn1cc(C(=O)C(=O)OC)c2cnccc21.COCCCn1cc(C2=C(c3ccccc3Cl)C(=O)NC2=O)c2cnccc21.NC(=O)Cc1ccccc1Cl. The highest BCUT2D eigenvalue weighted by molar-refractivity contribution is 6.51. The summed E-state index contributed by atoms with van der Waals surface area (Å²) in [4.78, 5) is 67.4. The molecule has 0 spiro atoms. The number of Topliss-reactive ketones (excluding diaryl/α,β-unsaturated/α-hetero) is 1. The van der Waals surface area contributed by atoms with Gasteiger partial charge in [0.2, 0.25) is 5.91 Å². The molecule has 0 fully saturated rings. The number of ether oxygens (including phenoxy) is 3. The maximum Gasteiger partial charge on any atom is 0.379 e. The van der Waals surface area contributed by atoms with Gasteiger partial charge in [-0.25, -0.2) is 4.79 Å². The Labute approximate surface area is 349 Å². The lowest BCUT2D eigenvalue weighted by Gasteiger charge is -2.06. The smallest absolute Gasteiger partial charge is 0.379 e. The van der Waals surface area contributed by atoms with Gasteiger partial charge in [0, 0.05) is 110 Å². The summed E-state index contributed by atoms with van der Waals surface area (Å²) in [5.41, 5.74) is 9.71. The van der Waals surface area contributed by atoms with Crippen LogP contribution in [-0.2, 0) is 52.9 Å². The third kappa shape index (κ3) is 10.7. The van der Waals surface area contributed by atoms with Crippen LogP contribution in [0.15, 0.2) is 97.8 Å². The first-order chi connectivity index (χ1) is 28.5. The molecule has 2 aromatic carbocycles. The van der Waals surface area contributed by atoms with Gasteiger partial charge in [0.15, 0.2) is 0 Å². The van der Waals surface area contributed by atoms with E-state index in [2.05, 4.69) is 24.6 Å². The Morgan fingerprint density at radius 2 is 1.25 bits per heavy atom. The fourth-order valence-corrected chi connectivity index (χ4v) is 6.89. The van der Waals surface area contributed by atoms with Crippen LogP contribution in [0.1, 0.15) is 39.9 Å². The first-order valence-electron chi connectivity index (χ1n) is 18.3. The number of benzene rings is 2. The molecule has 0 bridgehead atoms. The number of fused-ring (bicyclic) bond motifs is 2. The predicted octanol–water partition coefficient (Wildman–Crippen LogP) is 6.09. The standard InChI is InChI=1S/C21H18ClN3O3.C14H16N2O4.C8H8ClNO/c1-28-10-4-9-25-12-15(14-11-23-8-7-17(14)25)19-18(20(26)24-21(19)27)13-5-2-3-6-16(13)22;1-19-7-3-6-16-9-11(13(17)14(18)20-2)10-8-15-5-4-12(10)16;9-7-4-2-1-3-6(7)5-8(10)11/h2-3,5-8,11-12H,4,9-10H2,1H3,(H,24,26,27);4-5,8-9H,3,6-7H2,1-2H3;1-4H,5H2,(H2,10,11). The molecule has 16 heteroatoms. The van der Waals surface area contributed by atoms with E-state index in [9.17, 15) is 24.0 Å². The minimum Gasteiger partial charge on any atom is -0.463 e. The minimum absolute atomic E-state index is 0.208. The van der Waals surface area contributed by atoms with Crippen molar-refractivity contribution in [3.63, 3.8) is 0 Å². The summed E-state index contributed by atoms with van der Waals surface area (Å²) in [6.07, 6.45) is 12.1. The molecule has 5 heterocycles. The third-order valence-electron chi connectivity index (χ3n) is 9.14. The zero-order valence-corrected chi connectivity index (χ0v) is 34.1. The summed E-state index contributed by atoms with van der Waals surface area (Å²) in [7, 11) is 4.50. The molecule has 0 atom stereocenters. The van der Waals surface area contributed by atoms with Crippen molar-refractivity contribution in [2.24, 2.45) is 5.73 Å². The number of aryl methyl sites for hydroxylation is 2. The molecule has 0 unspecified atom stereocenters. The summed E-state index contributed by atoms with van der Waals surface area (Å²) < 4.78 is 18.6. The number of carbonyl (C=O) groups is 5. The number of nitrogens with zero attached hydrogens (tertiary/aromatic N) is 4. The number of aromatic nitrogens is 4. The highest BCUT2D eigenvalue weighted by atomic mass is 35.5.